The molecule has 1 atom stereocenters. The van der Waals surface area contributed by atoms with Gasteiger partial charge in [0.15, 0.2) is 0 Å². The Balaban J connectivity index is 2.15. The number of carbonyl (C=O) groups excluding carboxylic acids is 2. The van der Waals surface area contributed by atoms with Crippen LogP contribution in [0.15, 0.2) is 42.0 Å². The van der Waals surface area contributed by atoms with Crippen LogP contribution in [-0.4, -0.2) is 59.9 Å². The average Bonchev–Trinajstić information content (AvgIpc) is 3.06. The summed E-state index contributed by atoms with van der Waals surface area (Å²) in [5.74, 6) is -0.969. The van der Waals surface area contributed by atoms with Gasteiger partial charge in [0.1, 0.15) is 11.5 Å². The number of aliphatic hydroxyl groups is 1. The molecule has 0 unspecified atom stereocenters. The van der Waals surface area contributed by atoms with Crippen LogP contribution in [0.5, 0.6) is 5.75 Å². The van der Waals surface area contributed by atoms with Crippen LogP contribution in [0.3, 0.4) is 0 Å². The summed E-state index contributed by atoms with van der Waals surface area (Å²) in [6, 6.07) is 9.35. The lowest BCUT2D eigenvalue weighted by Gasteiger charge is -2.28. The normalized spacial score (nSPS) is 17.8. The molecule has 6 nitrogen and oxygen atoms in total. The number of aryl methyl sites for hydroxylation is 1. The zero-order valence-electron chi connectivity index (χ0n) is 19.2. The van der Waals surface area contributed by atoms with Crippen molar-refractivity contribution in [1.29, 1.82) is 0 Å². The quantitative estimate of drug-likeness (QED) is 0.317. The van der Waals surface area contributed by atoms with Crippen LogP contribution in [0.1, 0.15) is 36.6 Å². The molecule has 2 aromatic carbocycles. The molecule has 0 spiro atoms. The standard InChI is InChI=1S/C25H28Cl2N2O4/c1-5-28(6-2)11-12-29-22(16-7-10-19(26)20(27)14-16)21(24(31)25(29)32)23(30)18-9-8-17(33-4)13-15(18)3/h7-10,13-14,22,30H,5-6,11-12H2,1-4H3/t22-/m1/s1. The number of hydrogen-bond donors (Lipinski definition) is 1. The molecule has 1 heterocycles. The maximum atomic E-state index is 13.2. The first-order valence-corrected chi connectivity index (χ1v) is 11.6. The molecule has 1 aliphatic rings. The monoisotopic (exact) mass is 490 g/mol. The number of nitrogens with zero attached hydrogens (tertiary/aromatic N) is 2. The van der Waals surface area contributed by atoms with Crippen LogP contribution in [-0.2, 0) is 9.59 Å². The number of likely N-dealkylation sites (N-methyl/N-ethyl adjacent to an activating group) is 1. The Labute approximate surface area is 204 Å². The molecule has 0 radical (unpaired) electrons. The van der Waals surface area contributed by atoms with Crippen LogP contribution in [0.2, 0.25) is 10.0 Å². The smallest absolute Gasteiger partial charge is 0.295 e. The second-order valence-corrected chi connectivity index (χ2v) is 8.69. The van der Waals surface area contributed by atoms with Gasteiger partial charge in [-0.25, -0.2) is 0 Å². The van der Waals surface area contributed by atoms with Gasteiger partial charge in [0.2, 0.25) is 0 Å². The van der Waals surface area contributed by atoms with Gasteiger partial charge in [-0.3, -0.25) is 9.59 Å². The first-order chi connectivity index (χ1) is 15.7. The van der Waals surface area contributed by atoms with Crippen molar-refractivity contribution in [2.45, 2.75) is 26.8 Å². The largest absolute Gasteiger partial charge is 0.507 e. The molecule has 1 N–H and O–H groups in total. The molecule has 33 heavy (non-hydrogen) atoms. The molecule has 0 saturated carbocycles. The predicted molar refractivity (Wildman–Crippen MR) is 131 cm³/mol. The summed E-state index contributed by atoms with van der Waals surface area (Å²) in [6.07, 6.45) is 0. The Hall–Kier alpha value is -2.54. The summed E-state index contributed by atoms with van der Waals surface area (Å²) < 4.78 is 5.24. The number of rotatable bonds is 8. The van der Waals surface area contributed by atoms with Gasteiger partial charge in [0, 0.05) is 18.7 Å². The highest BCUT2D eigenvalue weighted by molar-refractivity contribution is 6.47. The van der Waals surface area contributed by atoms with Crippen LogP contribution in [0.25, 0.3) is 5.76 Å². The third-order valence-corrected chi connectivity index (χ3v) is 6.78. The minimum absolute atomic E-state index is 0.0335. The topological polar surface area (TPSA) is 70.1 Å². The Kier molecular flexibility index (Phi) is 8.05. The minimum atomic E-state index is -0.781. The van der Waals surface area contributed by atoms with Gasteiger partial charge in [-0.05, 0) is 61.5 Å². The zero-order chi connectivity index (χ0) is 24.3. The van der Waals surface area contributed by atoms with E-state index in [4.69, 9.17) is 27.9 Å². The molecule has 0 aromatic heterocycles. The van der Waals surface area contributed by atoms with Crippen LogP contribution in [0.4, 0.5) is 0 Å². The van der Waals surface area contributed by atoms with Crippen LogP contribution < -0.4 is 4.74 Å². The number of benzene rings is 2. The van der Waals surface area contributed by atoms with Gasteiger partial charge in [-0.15, -0.1) is 0 Å². The Bertz CT molecular complexity index is 1100. The number of ether oxygens (including phenoxy) is 1. The van der Waals surface area contributed by atoms with E-state index in [0.717, 1.165) is 13.1 Å². The molecular formula is C25H28Cl2N2O4. The highest BCUT2D eigenvalue weighted by atomic mass is 35.5. The number of methoxy groups -OCH3 is 1. The molecule has 1 amide bonds. The summed E-state index contributed by atoms with van der Waals surface area (Å²) >= 11 is 12.4. The Morgan fingerprint density at radius 1 is 1.09 bits per heavy atom. The van der Waals surface area contributed by atoms with E-state index < -0.39 is 17.7 Å². The van der Waals surface area contributed by atoms with Gasteiger partial charge in [0.25, 0.3) is 11.7 Å². The van der Waals surface area contributed by atoms with Crippen LogP contribution in [0, 0.1) is 6.92 Å². The van der Waals surface area contributed by atoms with Crippen molar-refractivity contribution in [3.05, 3.63) is 68.7 Å². The molecular weight excluding hydrogens is 463 g/mol. The number of halogens is 2. The fourth-order valence-corrected chi connectivity index (χ4v) is 4.41. The highest BCUT2D eigenvalue weighted by Gasteiger charge is 2.46. The molecule has 3 rings (SSSR count). The lowest BCUT2D eigenvalue weighted by molar-refractivity contribution is -0.140. The van der Waals surface area contributed by atoms with Crippen molar-refractivity contribution in [2.24, 2.45) is 0 Å². The van der Waals surface area contributed by atoms with Crippen molar-refractivity contribution in [2.75, 3.05) is 33.3 Å². The van der Waals surface area contributed by atoms with E-state index >= 15 is 0 Å². The SMILES string of the molecule is CCN(CC)CCN1C(=O)C(=O)C(=C(O)c2ccc(OC)cc2C)[C@H]1c1ccc(Cl)c(Cl)c1. The number of amides is 1. The lowest BCUT2D eigenvalue weighted by atomic mass is 9.94. The number of aliphatic hydroxyl groups excluding tert-OH is 1. The predicted octanol–water partition coefficient (Wildman–Crippen LogP) is 5.07. The molecule has 8 heteroatoms. The third-order valence-electron chi connectivity index (χ3n) is 6.04. The Morgan fingerprint density at radius 2 is 1.79 bits per heavy atom. The molecule has 176 valence electrons. The summed E-state index contributed by atoms with van der Waals surface area (Å²) in [6.45, 7) is 8.46. The van der Waals surface area contributed by atoms with Crippen molar-refractivity contribution in [1.82, 2.24) is 9.80 Å². The fourth-order valence-electron chi connectivity index (χ4n) is 4.10. The minimum Gasteiger partial charge on any atom is -0.507 e. The molecule has 1 aliphatic heterocycles. The summed E-state index contributed by atoms with van der Waals surface area (Å²) in [7, 11) is 1.56. The summed E-state index contributed by atoms with van der Waals surface area (Å²) in [5, 5.41) is 11.9. The molecule has 2 aromatic rings. The van der Waals surface area contributed by atoms with E-state index in [0.29, 0.717) is 45.6 Å². The van der Waals surface area contributed by atoms with E-state index in [2.05, 4.69) is 4.90 Å². The number of ketones is 1. The van der Waals surface area contributed by atoms with Crippen molar-refractivity contribution in [3.8, 4) is 5.75 Å². The molecule has 1 saturated heterocycles. The van der Waals surface area contributed by atoms with Gasteiger partial charge in [-0.1, -0.05) is 43.1 Å². The van der Waals surface area contributed by atoms with Crippen molar-refractivity contribution < 1.29 is 19.4 Å². The molecule has 1 fully saturated rings. The average molecular weight is 491 g/mol. The maximum absolute atomic E-state index is 13.2. The number of hydrogen-bond acceptors (Lipinski definition) is 5. The first kappa shape index (κ1) is 25.1. The maximum Gasteiger partial charge on any atom is 0.295 e. The van der Waals surface area contributed by atoms with E-state index in [1.54, 1.807) is 43.5 Å². The summed E-state index contributed by atoms with van der Waals surface area (Å²) in [5.41, 5.74) is 1.82. The van der Waals surface area contributed by atoms with Gasteiger partial charge >= 0.3 is 0 Å². The zero-order valence-corrected chi connectivity index (χ0v) is 20.7. The van der Waals surface area contributed by atoms with E-state index in [-0.39, 0.29) is 11.3 Å². The molecule has 0 bridgehead atoms. The third kappa shape index (κ3) is 5.03. The first-order valence-electron chi connectivity index (χ1n) is 10.8. The van der Waals surface area contributed by atoms with Gasteiger partial charge in [-0.2, -0.15) is 0 Å². The summed E-state index contributed by atoms with van der Waals surface area (Å²) in [4.78, 5) is 29.9. The molecule has 0 aliphatic carbocycles. The van der Waals surface area contributed by atoms with E-state index in [1.807, 2.05) is 20.8 Å². The Morgan fingerprint density at radius 3 is 2.36 bits per heavy atom. The highest BCUT2D eigenvalue weighted by Crippen LogP contribution is 2.41. The van der Waals surface area contributed by atoms with Gasteiger partial charge in [0.05, 0.1) is 28.8 Å². The van der Waals surface area contributed by atoms with E-state index in [1.165, 1.54) is 4.90 Å². The van der Waals surface area contributed by atoms with Crippen molar-refractivity contribution in [3.63, 3.8) is 0 Å². The van der Waals surface area contributed by atoms with E-state index in [9.17, 15) is 14.7 Å². The number of Topliss-reactive ketones (excluding diaryl/α,β-unsaturated/α-hetero) is 1. The van der Waals surface area contributed by atoms with Crippen molar-refractivity contribution >= 4 is 40.7 Å². The van der Waals surface area contributed by atoms with Crippen LogP contribution >= 0.6 is 23.2 Å². The number of carbonyl (C=O) groups is 2. The number of likely N-dealkylation sites (tertiary alicyclic amines) is 1. The van der Waals surface area contributed by atoms with Gasteiger partial charge < -0.3 is 19.6 Å². The second kappa shape index (κ2) is 10.6. The fraction of sp³-hybridized carbons (Fsp3) is 0.360. The second-order valence-electron chi connectivity index (χ2n) is 7.87. The lowest BCUT2D eigenvalue weighted by Crippen LogP contribution is -2.38.